The number of fused-ring (bicyclic) bond motifs is 1. The number of anilines is 1. The molecule has 0 aliphatic heterocycles. The molecule has 106 valence electrons. The van der Waals surface area contributed by atoms with E-state index < -0.39 is 9.84 Å². The average Bonchev–Trinajstić information content (AvgIpc) is 2.59. The van der Waals surface area contributed by atoms with E-state index in [1.807, 2.05) is 0 Å². The molecular weight excluding hydrogens is 262 g/mol. The van der Waals surface area contributed by atoms with Crippen molar-refractivity contribution in [1.29, 1.82) is 0 Å². The quantitative estimate of drug-likeness (QED) is 0.656. The first kappa shape index (κ1) is 14.2. The van der Waals surface area contributed by atoms with Crippen LogP contribution in [-0.2, 0) is 22.7 Å². The first-order chi connectivity index (χ1) is 9.06. The highest BCUT2D eigenvalue weighted by Crippen LogP contribution is 2.23. The van der Waals surface area contributed by atoms with Gasteiger partial charge in [0.25, 0.3) is 0 Å². The SMILES string of the molecule is CS(=O)(=O)CCCNc1ncnc2c1CCCCC2. The Hall–Kier alpha value is -1.17. The van der Waals surface area contributed by atoms with Crippen LogP contribution in [0.5, 0.6) is 0 Å². The minimum absolute atomic E-state index is 0.216. The Bertz CT molecular complexity index is 529. The number of nitrogens with zero attached hydrogens (tertiary/aromatic N) is 2. The summed E-state index contributed by atoms with van der Waals surface area (Å²) in [6, 6.07) is 0. The Morgan fingerprint density at radius 3 is 2.79 bits per heavy atom. The predicted molar refractivity (Wildman–Crippen MR) is 76.1 cm³/mol. The zero-order valence-corrected chi connectivity index (χ0v) is 12.2. The van der Waals surface area contributed by atoms with Gasteiger partial charge in [-0.3, -0.25) is 0 Å². The van der Waals surface area contributed by atoms with Crippen molar-refractivity contribution in [2.75, 3.05) is 23.9 Å². The summed E-state index contributed by atoms with van der Waals surface area (Å²) in [7, 11) is -2.87. The Labute approximate surface area is 114 Å². The monoisotopic (exact) mass is 283 g/mol. The van der Waals surface area contributed by atoms with Crippen molar-refractivity contribution in [1.82, 2.24) is 9.97 Å². The molecule has 0 fully saturated rings. The summed E-state index contributed by atoms with van der Waals surface area (Å²) < 4.78 is 22.1. The fourth-order valence-electron chi connectivity index (χ4n) is 2.39. The number of hydrogen-bond acceptors (Lipinski definition) is 5. The van der Waals surface area contributed by atoms with Gasteiger partial charge in [0.1, 0.15) is 22.0 Å². The number of sulfone groups is 1. The molecule has 0 saturated heterocycles. The summed E-state index contributed by atoms with van der Waals surface area (Å²) in [4.78, 5) is 8.66. The maximum absolute atomic E-state index is 11.1. The van der Waals surface area contributed by atoms with Crippen LogP contribution in [-0.4, -0.2) is 36.9 Å². The zero-order chi connectivity index (χ0) is 13.7. The molecule has 0 unspecified atom stereocenters. The Kier molecular flexibility index (Phi) is 4.74. The lowest BCUT2D eigenvalue weighted by atomic mass is 10.1. The second-order valence-corrected chi connectivity index (χ2v) is 7.38. The highest BCUT2D eigenvalue weighted by Gasteiger charge is 2.14. The van der Waals surface area contributed by atoms with Crippen LogP contribution >= 0.6 is 0 Å². The Morgan fingerprint density at radius 1 is 1.21 bits per heavy atom. The normalized spacial score (nSPS) is 15.6. The topological polar surface area (TPSA) is 72.0 Å². The summed E-state index contributed by atoms with van der Waals surface area (Å²) in [6.45, 7) is 0.635. The maximum atomic E-state index is 11.1. The molecule has 2 rings (SSSR count). The summed E-state index contributed by atoms with van der Waals surface area (Å²) in [6.07, 6.45) is 9.13. The molecule has 1 aromatic heterocycles. The highest BCUT2D eigenvalue weighted by molar-refractivity contribution is 7.90. The van der Waals surface area contributed by atoms with Crippen molar-refractivity contribution in [3.8, 4) is 0 Å². The maximum Gasteiger partial charge on any atom is 0.147 e. The fourth-order valence-corrected chi connectivity index (χ4v) is 3.06. The minimum atomic E-state index is -2.87. The summed E-state index contributed by atoms with van der Waals surface area (Å²) in [5, 5.41) is 3.26. The van der Waals surface area contributed by atoms with E-state index in [0.29, 0.717) is 13.0 Å². The van der Waals surface area contributed by atoms with Gasteiger partial charge >= 0.3 is 0 Å². The number of aryl methyl sites for hydroxylation is 1. The Balaban J connectivity index is 1.97. The molecule has 19 heavy (non-hydrogen) atoms. The molecular formula is C13H21N3O2S. The standard InChI is InChI=1S/C13H21N3O2S/c1-19(17,18)9-5-8-14-13-11-6-3-2-4-7-12(11)15-10-16-13/h10H,2-9H2,1H3,(H,14,15,16). The zero-order valence-electron chi connectivity index (χ0n) is 11.4. The van der Waals surface area contributed by atoms with Crippen LogP contribution in [0.3, 0.4) is 0 Å². The lowest BCUT2D eigenvalue weighted by Gasteiger charge is -2.12. The van der Waals surface area contributed by atoms with Gasteiger partial charge < -0.3 is 5.32 Å². The van der Waals surface area contributed by atoms with Crippen molar-refractivity contribution < 1.29 is 8.42 Å². The molecule has 0 aromatic carbocycles. The van der Waals surface area contributed by atoms with Crippen LogP contribution < -0.4 is 5.32 Å². The number of hydrogen-bond donors (Lipinski definition) is 1. The van der Waals surface area contributed by atoms with Crippen molar-refractivity contribution in [3.05, 3.63) is 17.6 Å². The number of nitrogens with one attached hydrogen (secondary N) is 1. The second-order valence-electron chi connectivity index (χ2n) is 5.12. The lowest BCUT2D eigenvalue weighted by molar-refractivity contribution is 0.600. The smallest absolute Gasteiger partial charge is 0.147 e. The van der Waals surface area contributed by atoms with Gasteiger partial charge in [-0.05, 0) is 32.1 Å². The van der Waals surface area contributed by atoms with Crippen molar-refractivity contribution in [2.45, 2.75) is 38.5 Å². The van der Waals surface area contributed by atoms with E-state index in [4.69, 9.17) is 0 Å². The van der Waals surface area contributed by atoms with E-state index in [1.165, 1.54) is 31.1 Å². The molecule has 0 amide bonds. The molecule has 1 aliphatic rings. The highest BCUT2D eigenvalue weighted by atomic mass is 32.2. The van der Waals surface area contributed by atoms with Crippen LogP contribution in [0.15, 0.2) is 6.33 Å². The van der Waals surface area contributed by atoms with Crippen LogP contribution in [0.25, 0.3) is 0 Å². The van der Waals surface area contributed by atoms with E-state index in [2.05, 4.69) is 15.3 Å². The van der Waals surface area contributed by atoms with Gasteiger partial charge in [-0.2, -0.15) is 0 Å². The third-order valence-electron chi connectivity index (χ3n) is 3.36. The summed E-state index contributed by atoms with van der Waals surface area (Å²) >= 11 is 0. The molecule has 0 bridgehead atoms. The third-order valence-corrected chi connectivity index (χ3v) is 4.39. The molecule has 6 heteroatoms. The minimum Gasteiger partial charge on any atom is -0.370 e. The predicted octanol–water partition coefficient (Wildman–Crippen LogP) is 1.59. The van der Waals surface area contributed by atoms with Crippen molar-refractivity contribution >= 4 is 15.7 Å². The molecule has 5 nitrogen and oxygen atoms in total. The van der Waals surface area contributed by atoms with Gasteiger partial charge in [-0.25, -0.2) is 18.4 Å². The van der Waals surface area contributed by atoms with Crippen molar-refractivity contribution in [2.24, 2.45) is 0 Å². The molecule has 0 atom stereocenters. The second kappa shape index (κ2) is 6.32. The van der Waals surface area contributed by atoms with Crippen LogP contribution in [0, 0.1) is 0 Å². The number of rotatable bonds is 5. The van der Waals surface area contributed by atoms with Gasteiger partial charge in [0, 0.05) is 24.1 Å². The van der Waals surface area contributed by atoms with E-state index >= 15 is 0 Å². The van der Waals surface area contributed by atoms with Gasteiger partial charge in [0.15, 0.2) is 0 Å². The molecule has 1 aliphatic carbocycles. The third kappa shape index (κ3) is 4.45. The van der Waals surface area contributed by atoms with E-state index in [-0.39, 0.29) is 5.75 Å². The number of aromatic nitrogens is 2. The first-order valence-electron chi connectivity index (χ1n) is 6.80. The lowest BCUT2D eigenvalue weighted by Crippen LogP contribution is -2.12. The van der Waals surface area contributed by atoms with E-state index in [1.54, 1.807) is 6.33 Å². The van der Waals surface area contributed by atoms with Gasteiger partial charge in [-0.1, -0.05) is 6.42 Å². The summed E-state index contributed by atoms with van der Waals surface area (Å²) in [5.41, 5.74) is 2.37. The Morgan fingerprint density at radius 2 is 2.00 bits per heavy atom. The van der Waals surface area contributed by atoms with Gasteiger partial charge in [0.05, 0.1) is 5.75 Å². The molecule has 0 radical (unpaired) electrons. The molecule has 1 heterocycles. The van der Waals surface area contributed by atoms with Gasteiger partial charge in [0.2, 0.25) is 0 Å². The largest absolute Gasteiger partial charge is 0.370 e. The summed E-state index contributed by atoms with van der Waals surface area (Å²) in [5.74, 6) is 1.10. The van der Waals surface area contributed by atoms with Crippen LogP contribution in [0.1, 0.15) is 36.9 Å². The molecule has 1 N–H and O–H groups in total. The van der Waals surface area contributed by atoms with Gasteiger partial charge in [-0.15, -0.1) is 0 Å². The van der Waals surface area contributed by atoms with Crippen LogP contribution in [0.2, 0.25) is 0 Å². The fraction of sp³-hybridized carbons (Fsp3) is 0.692. The molecule has 1 aromatic rings. The van der Waals surface area contributed by atoms with Crippen molar-refractivity contribution in [3.63, 3.8) is 0 Å². The average molecular weight is 283 g/mol. The molecule has 0 saturated carbocycles. The van der Waals surface area contributed by atoms with Crippen LogP contribution in [0.4, 0.5) is 5.82 Å². The van der Waals surface area contributed by atoms with E-state index in [0.717, 1.165) is 24.4 Å². The van der Waals surface area contributed by atoms with E-state index in [9.17, 15) is 8.42 Å². The first-order valence-corrected chi connectivity index (χ1v) is 8.87. The molecule has 0 spiro atoms.